The predicted octanol–water partition coefficient (Wildman–Crippen LogP) is 1.07. The number of hydrogen-bond donors (Lipinski definition) is 1. The Hall–Kier alpha value is -0.940. The normalized spacial score (nSPS) is 25.8. The topological polar surface area (TPSA) is 66.0 Å². The number of nitrogens with zero attached hydrogens (tertiary/aromatic N) is 3. The van der Waals surface area contributed by atoms with Crippen LogP contribution in [0.4, 0.5) is 0 Å². The van der Waals surface area contributed by atoms with Crippen LogP contribution in [0.5, 0.6) is 0 Å². The van der Waals surface area contributed by atoms with Crippen molar-refractivity contribution in [2.45, 2.75) is 38.8 Å². The molecule has 1 aliphatic rings. The van der Waals surface area contributed by atoms with E-state index >= 15 is 0 Å². The van der Waals surface area contributed by atoms with E-state index in [2.05, 4.69) is 17.2 Å². The lowest BCUT2D eigenvalue weighted by Crippen LogP contribution is -2.12. The van der Waals surface area contributed by atoms with Crippen LogP contribution >= 0.6 is 0 Å². The van der Waals surface area contributed by atoms with Crippen molar-refractivity contribution in [2.24, 2.45) is 11.7 Å². The van der Waals surface area contributed by atoms with E-state index in [1.54, 1.807) is 7.11 Å². The van der Waals surface area contributed by atoms with Crippen LogP contribution in [-0.4, -0.2) is 28.6 Å². The zero-order valence-electron chi connectivity index (χ0n) is 10.2. The summed E-state index contributed by atoms with van der Waals surface area (Å²) in [6.07, 6.45) is 1.99. The van der Waals surface area contributed by atoms with Crippen molar-refractivity contribution < 1.29 is 4.74 Å². The van der Waals surface area contributed by atoms with Gasteiger partial charge in [0.1, 0.15) is 0 Å². The largest absolute Gasteiger partial charge is 0.375 e. The maximum Gasteiger partial charge on any atom is 0.0979 e. The lowest BCUT2D eigenvalue weighted by Gasteiger charge is -2.13. The third-order valence-corrected chi connectivity index (χ3v) is 3.31. The summed E-state index contributed by atoms with van der Waals surface area (Å²) in [5.74, 6) is 0.704. The summed E-state index contributed by atoms with van der Waals surface area (Å²) in [6, 6.07) is 0.506. The van der Waals surface area contributed by atoms with Crippen LogP contribution in [0.15, 0.2) is 0 Å². The minimum atomic E-state index is 0.0318. The van der Waals surface area contributed by atoms with Gasteiger partial charge in [-0.2, -0.15) is 0 Å². The molecule has 5 nitrogen and oxygen atoms in total. The molecule has 0 radical (unpaired) electrons. The summed E-state index contributed by atoms with van der Waals surface area (Å²) in [5.41, 5.74) is 7.66. The number of nitrogens with two attached hydrogens (primary N) is 1. The zero-order valence-corrected chi connectivity index (χ0v) is 10.2. The van der Waals surface area contributed by atoms with Crippen molar-refractivity contribution in [3.8, 4) is 0 Å². The summed E-state index contributed by atoms with van der Waals surface area (Å²) in [4.78, 5) is 0. The van der Waals surface area contributed by atoms with Gasteiger partial charge in [-0.3, -0.25) is 0 Å². The van der Waals surface area contributed by atoms with Crippen LogP contribution < -0.4 is 5.73 Å². The molecule has 0 spiro atoms. The van der Waals surface area contributed by atoms with Crippen LogP contribution in [0.2, 0.25) is 0 Å². The van der Waals surface area contributed by atoms with Crippen molar-refractivity contribution >= 4 is 0 Å². The van der Waals surface area contributed by atoms with Gasteiger partial charge >= 0.3 is 0 Å². The molecule has 0 aliphatic heterocycles. The molecular weight excluding hydrogens is 204 g/mol. The minimum absolute atomic E-state index is 0.0318. The van der Waals surface area contributed by atoms with E-state index < -0.39 is 0 Å². The van der Waals surface area contributed by atoms with Crippen molar-refractivity contribution in [1.82, 2.24) is 15.0 Å². The summed E-state index contributed by atoms with van der Waals surface area (Å²) < 4.78 is 7.43. The van der Waals surface area contributed by atoms with Crippen LogP contribution in [0.1, 0.15) is 43.8 Å². The van der Waals surface area contributed by atoms with Gasteiger partial charge in [0.25, 0.3) is 0 Å². The third-order valence-electron chi connectivity index (χ3n) is 3.31. The van der Waals surface area contributed by atoms with Crippen molar-refractivity contribution in [3.63, 3.8) is 0 Å². The molecule has 0 aromatic carbocycles. The van der Waals surface area contributed by atoms with Crippen molar-refractivity contribution in [2.75, 3.05) is 13.7 Å². The van der Waals surface area contributed by atoms with Gasteiger partial charge in [-0.25, -0.2) is 4.68 Å². The van der Waals surface area contributed by atoms with Crippen LogP contribution in [-0.2, 0) is 11.2 Å². The predicted molar refractivity (Wildman–Crippen MR) is 61.0 cm³/mol. The van der Waals surface area contributed by atoms with E-state index in [4.69, 9.17) is 10.5 Å². The van der Waals surface area contributed by atoms with Gasteiger partial charge in [0, 0.05) is 13.5 Å². The van der Waals surface area contributed by atoms with Gasteiger partial charge in [0.2, 0.25) is 0 Å². The first-order valence-corrected chi connectivity index (χ1v) is 5.85. The lowest BCUT2D eigenvalue weighted by molar-refractivity contribution is 0.110. The standard InChI is InChI=1S/C11H20N4O/c1-7-6-10(7)15-11(8(2)16-3)9(4-5-12)13-14-15/h7-8,10H,4-6,12H2,1-3H3. The molecule has 3 atom stereocenters. The number of aromatic nitrogens is 3. The fourth-order valence-electron chi connectivity index (χ4n) is 2.07. The van der Waals surface area contributed by atoms with Gasteiger partial charge in [0.15, 0.2) is 0 Å². The Morgan fingerprint density at radius 1 is 1.62 bits per heavy atom. The van der Waals surface area contributed by atoms with Crippen LogP contribution in [0.25, 0.3) is 0 Å². The molecule has 1 aromatic heterocycles. The highest BCUT2D eigenvalue weighted by Gasteiger charge is 2.38. The zero-order chi connectivity index (χ0) is 11.7. The first-order chi connectivity index (χ1) is 7.69. The molecule has 1 aromatic rings. The molecule has 2 rings (SSSR count). The molecule has 1 heterocycles. The number of rotatable bonds is 5. The molecule has 2 N–H and O–H groups in total. The van der Waals surface area contributed by atoms with Gasteiger partial charge in [0.05, 0.1) is 23.5 Å². The second kappa shape index (κ2) is 4.51. The highest BCUT2D eigenvalue weighted by molar-refractivity contribution is 5.16. The SMILES string of the molecule is COC(C)c1c(CCN)nnn1C1CC1C. The molecule has 0 bridgehead atoms. The average Bonchev–Trinajstić information content (AvgIpc) is 2.85. The number of methoxy groups -OCH3 is 1. The van der Waals surface area contributed by atoms with E-state index in [9.17, 15) is 0 Å². The van der Waals surface area contributed by atoms with Crippen molar-refractivity contribution in [1.29, 1.82) is 0 Å². The lowest BCUT2D eigenvalue weighted by atomic mass is 10.1. The highest BCUT2D eigenvalue weighted by atomic mass is 16.5. The Labute approximate surface area is 96.0 Å². The molecular formula is C11H20N4O. The van der Waals surface area contributed by atoms with Crippen LogP contribution in [0, 0.1) is 5.92 Å². The highest BCUT2D eigenvalue weighted by Crippen LogP contribution is 2.43. The van der Waals surface area contributed by atoms with Crippen LogP contribution in [0.3, 0.4) is 0 Å². The fourth-order valence-corrected chi connectivity index (χ4v) is 2.07. The smallest absolute Gasteiger partial charge is 0.0979 e. The van der Waals surface area contributed by atoms with Gasteiger partial charge in [-0.15, -0.1) is 5.10 Å². The summed E-state index contributed by atoms with van der Waals surface area (Å²) in [7, 11) is 1.71. The summed E-state index contributed by atoms with van der Waals surface area (Å²) in [5, 5.41) is 8.47. The molecule has 90 valence electrons. The van der Waals surface area contributed by atoms with Gasteiger partial charge < -0.3 is 10.5 Å². The second-order valence-corrected chi connectivity index (χ2v) is 4.56. The molecule has 1 saturated carbocycles. The molecule has 5 heteroatoms. The van der Waals surface area contributed by atoms with Gasteiger partial charge in [-0.05, 0) is 25.8 Å². The van der Waals surface area contributed by atoms with E-state index in [-0.39, 0.29) is 6.10 Å². The average molecular weight is 224 g/mol. The van der Waals surface area contributed by atoms with Gasteiger partial charge in [-0.1, -0.05) is 12.1 Å². The Bertz CT molecular complexity index is 363. The maximum absolute atomic E-state index is 5.58. The number of ether oxygens (including phenoxy) is 1. The first kappa shape index (κ1) is 11.5. The Morgan fingerprint density at radius 3 is 2.81 bits per heavy atom. The fraction of sp³-hybridized carbons (Fsp3) is 0.818. The molecule has 16 heavy (non-hydrogen) atoms. The summed E-state index contributed by atoms with van der Waals surface area (Å²) >= 11 is 0. The van der Waals surface area contributed by atoms with E-state index in [1.165, 1.54) is 6.42 Å². The Kier molecular flexibility index (Phi) is 3.25. The van der Waals surface area contributed by atoms with E-state index in [1.807, 2.05) is 11.6 Å². The Morgan fingerprint density at radius 2 is 2.31 bits per heavy atom. The minimum Gasteiger partial charge on any atom is -0.375 e. The molecule has 0 saturated heterocycles. The maximum atomic E-state index is 5.58. The summed E-state index contributed by atoms with van der Waals surface area (Å²) in [6.45, 7) is 4.86. The molecule has 1 aliphatic carbocycles. The molecule has 1 fully saturated rings. The van der Waals surface area contributed by atoms with Crippen molar-refractivity contribution in [3.05, 3.63) is 11.4 Å². The first-order valence-electron chi connectivity index (χ1n) is 5.85. The quantitative estimate of drug-likeness (QED) is 0.812. The number of hydrogen-bond acceptors (Lipinski definition) is 4. The van der Waals surface area contributed by atoms with E-state index in [0.717, 1.165) is 17.8 Å². The molecule has 0 amide bonds. The molecule has 3 unspecified atom stereocenters. The third kappa shape index (κ3) is 1.97. The monoisotopic (exact) mass is 224 g/mol. The second-order valence-electron chi connectivity index (χ2n) is 4.56. The van der Waals surface area contributed by atoms with E-state index in [0.29, 0.717) is 18.5 Å². The Balaban J connectivity index is 2.30.